The summed E-state index contributed by atoms with van der Waals surface area (Å²) in [6, 6.07) is 12.4. The van der Waals surface area contributed by atoms with Gasteiger partial charge in [-0.15, -0.1) is 0 Å². The molecular weight excluding hydrogens is 364 g/mol. The van der Waals surface area contributed by atoms with Crippen molar-refractivity contribution < 1.29 is 14.6 Å². The summed E-state index contributed by atoms with van der Waals surface area (Å²) in [6.07, 6.45) is 8.55. The van der Waals surface area contributed by atoms with Crippen molar-refractivity contribution in [3.63, 3.8) is 0 Å². The number of fused-ring (bicyclic) bond motifs is 1. The third kappa shape index (κ3) is 4.29. The van der Waals surface area contributed by atoms with Gasteiger partial charge in [-0.05, 0) is 67.5 Å². The molecule has 0 saturated heterocycles. The first-order chi connectivity index (χ1) is 14.0. The fourth-order valence-electron chi connectivity index (χ4n) is 4.17. The molecule has 0 radical (unpaired) electrons. The van der Waals surface area contributed by atoms with E-state index < -0.39 is 11.9 Å². The number of carboxylic acid groups (broad SMARTS) is 1. The Balaban J connectivity index is 1.72. The van der Waals surface area contributed by atoms with Crippen LogP contribution in [0.2, 0.25) is 0 Å². The van der Waals surface area contributed by atoms with E-state index in [0.717, 1.165) is 46.2 Å². The Bertz CT molecular complexity index is 1020. The molecule has 2 aromatic carbocycles. The quantitative estimate of drug-likeness (QED) is 0.625. The van der Waals surface area contributed by atoms with Gasteiger partial charge in [0.2, 0.25) is 0 Å². The average molecular weight is 392 g/mol. The molecule has 1 N–H and O–H groups in total. The standard InChI is InChI=1S/C24H28N2O3/c1-16(24(27)28)12-17-8-11-23(29-20-6-4-3-5-7-20)21(13-17)18-9-10-22-19(14-18)15-25-26(22)2/h8-11,13-16,20H,3-7,12H2,1-2H3,(H,27,28). The Morgan fingerprint density at radius 1 is 1.21 bits per heavy atom. The molecule has 4 rings (SSSR count). The number of benzene rings is 2. The smallest absolute Gasteiger partial charge is 0.306 e. The maximum atomic E-state index is 11.3. The first kappa shape index (κ1) is 19.5. The minimum absolute atomic E-state index is 0.258. The molecule has 29 heavy (non-hydrogen) atoms. The van der Waals surface area contributed by atoms with Crippen molar-refractivity contribution in [2.24, 2.45) is 13.0 Å². The van der Waals surface area contributed by atoms with Gasteiger partial charge >= 0.3 is 5.97 Å². The van der Waals surface area contributed by atoms with Gasteiger partial charge in [-0.3, -0.25) is 9.48 Å². The summed E-state index contributed by atoms with van der Waals surface area (Å²) in [4.78, 5) is 11.3. The van der Waals surface area contributed by atoms with Crippen LogP contribution in [0, 0.1) is 5.92 Å². The fourth-order valence-corrected chi connectivity index (χ4v) is 4.17. The number of hydrogen-bond donors (Lipinski definition) is 1. The highest BCUT2D eigenvalue weighted by molar-refractivity contribution is 5.86. The maximum absolute atomic E-state index is 11.3. The van der Waals surface area contributed by atoms with Crippen molar-refractivity contribution in [3.05, 3.63) is 48.2 Å². The van der Waals surface area contributed by atoms with Crippen molar-refractivity contribution in [1.82, 2.24) is 9.78 Å². The van der Waals surface area contributed by atoms with E-state index in [1.54, 1.807) is 6.92 Å². The van der Waals surface area contributed by atoms with Crippen LogP contribution in [0.4, 0.5) is 0 Å². The van der Waals surface area contributed by atoms with Gasteiger partial charge in [0.05, 0.1) is 23.7 Å². The van der Waals surface area contributed by atoms with Gasteiger partial charge in [0.25, 0.3) is 0 Å². The van der Waals surface area contributed by atoms with Gasteiger partial charge in [0.15, 0.2) is 0 Å². The molecule has 1 heterocycles. The minimum Gasteiger partial charge on any atom is -0.490 e. The summed E-state index contributed by atoms with van der Waals surface area (Å²) in [7, 11) is 1.94. The van der Waals surface area contributed by atoms with Crippen molar-refractivity contribution in [3.8, 4) is 16.9 Å². The summed E-state index contributed by atoms with van der Waals surface area (Å²) in [5.41, 5.74) is 4.19. The number of aryl methyl sites for hydroxylation is 1. The first-order valence-corrected chi connectivity index (χ1v) is 10.5. The molecule has 3 aromatic rings. The van der Waals surface area contributed by atoms with E-state index in [1.807, 2.05) is 30.1 Å². The van der Waals surface area contributed by atoms with Gasteiger partial charge in [-0.2, -0.15) is 5.10 Å². The second kappa shape index (κ2) is 8.27. The molecule has 1 aliphatic rings. The number of aliphatic carboxylic acids is 1. The van der Waals surface area contributed by atoms with Crippen LogP contribution in [0.3, 0.4) is 0 Å². The summed E-state index contributed by atoms with van der Waals surface area (Å²) >= 11 is 0. The van der Waals surface area contributed by atoms with Crippen LogP contribution in [-0.4, -0.2) is 27.0 Å². The van der Waals surface area contributed by atoms with Gasteiger partial charge in [0, 0.05) is 18.0 Å². The van der Waals surface area contributed by atoms with Crippen molar-refractivity contribution in [1.29, 1.82) is 0 Å². The van der Waals surface area contributed by atoms with Crippen molar-refractivity contribution >= 4 is 16.9 Å². The lowest BCUT2D eigenvalue weighted by Crippen LogP contribution is -2.20. The number of carboxylic acids is 1. The van der Waals surface area contributed by atoms with E-state index in [0.29, 0.717) is 6.42 Å². The lowest BCUT2D eigenvalue weighted by atomic mass is 9.95. The Morgan fingerprint density at radius 3 is 2.76 bits per heavy atom. The highest BCUT2D eigenvalue weighted by Gasteiger charge is 2.19. The van der Waals surface area contributed by atoms with Gasteiger partial charge in [-0.25, -0.2) is 0 Å². The second-order valence-electron chi connectivity index (χ2n) is 8.19. The molecule has 1 aromatic heterocycles. The van der Waals surface area contributed by atoms with E-state index in [1.165, 1.54) is 19.3 Å². The summed E-state index contributed by atoms with van der Waals surface area (Å²) < 4.78 is 8.29. The lowest BCUT2D eigenvalue weighted by Gasteiger charge is -2.25. The lowest BCUT2D eigenvalue weighted by molar-refractivity contribution is -0.141. The highest BCUT2D eigenvalue weighted by atomic mass is 16.5. The normalized spacial score (nSPS) is 16.1. The van der Waals surface area contributed by atoms with Gasteiger partial charge < -0.3 is 9.84 Å². The minimum atomic E-state index is -0.772. The van der Waals surface area contributed by atoms with Crippen molar-refractivity contribution in [2.45, 2.75) is 51.6 Å². The molecule has 5 nitrogen and oxygen atoms in total. The fraction of sp³-hybridized carbons (Fsp3) is 0.417. The predicted octanol–water partition coefficient (Wildman–Crippen LogP) is 5.22. The molecule has 0 spiro atoms. The predicted molar refractivity (Wildman–Crippen MR) is 114 cm³/mol. The van der Waals surface area contributed by atoms with Gasteiger partial charge in [0.1, 0.15) is 5.75 Å². The Morgan fingerprint density at radius 2 is 2.00 bits per heavy atom. The average Bonchev–Trinajstić information content (AvgIpc) is 3.10. The topological polar surface area (TPSA) is 64.4 Å². The van der Waals surface area contributed by atoms with E-state index >= 15 is 0 Å². The van der Waals surface area contributed by atoms with Crippen LogP contribution in [0.25, 0.3) is 22.0 Å². The van der Waals surface area contributed by atoms with Crippen molar-refractivity contribution in [2.75, 3.05) is 0 Å². The van der Waals surface area contributed by atoms with Crippen LogP contribution in [0.5, 0.6) is 5.75 Å². The first-order valence-electron chi connectivity index (χ1n) is 10.5. The van der Waals surface area contributed by atoms with E-state index in [-0.39, 0.29) is 6.10 Å². The molecule has 0 bridgehead atoms. The number of nitrogens with zero attached hydrogens (tertiary/aromatic N) is 2. The molecule has 0 aliphatic heterocycles. The summed E-state index contributed by atoms with van der Waals surface area (Å²) in [5, 5.41) is 14.7. The van der Waals surface area contributed by atoms with Crippen LogP contribution in [-0.2, 0) is 18.3 Å². The molecule has 1 atom stereocenters. The molecule has 1 fully saturated rings. The Hall–Kier alpha value is -2.82. The second-order valence-corrected chi connectivity index (χ2v) is 8.19. The Labute approximate surface area is 171 Å². The van der Waals surface area contributed by atoms with Crippen LogP contribution in [0.1, 0.15) is 44.6 Å². The summed E-state index contributed by atoms with van der Waals surface area (Å²) in [6.45, 7) is 1.75. The number of carbonyl (C=O) groups is 1. The molecule has 1 aliphatic carbocycles. The van der Waals surface area contributed by atoms with E-state index in [2.05, 4.69) is 29.4 Å². The largest absolute Gasteiger partial charge is 0.490 e. The molecule has 152 valence electrons. The SMILES string of the molecule is CC(Cc1ccc(OC2CCCCC2)c(-c2ccc3c(cnn3C)c2)c1)C(=O)O. The maximum Gasteiger partial charge on any atom is 0.306 e. The number of hydrogen-bond acceptors (Lipinski definition) is 3. The zero-order chi connectivity index (χ0) is 20.4. The summed E-state index contributed by atoms with van der Waals surface area (Å²) in [5.74, 6) is -0.313. The number of rotatable bonds is 6. The monoisotopic (exact) mass is 392 g/mol. The van der Waals surface area contributed by atoms with Crippen LogP contribution in [0.15, 0.2) is 42.6 Å². The van der Waals surface area contributed by atoms with Crippen LogP contribution < -0.4 is 4.74 Å². The molecule has 1 saturated carbocycles. The molecule has 5 heteroatoms. The molecule has 1 unspecified atom stereocenters. The third-order valence-electron chi connectivity index (χ3n) is 5.91. The zero-order valence-electron chi connectivity index (χ0n) is 17.1. The van der Waals surface area contributed by atoms with E-state index in [9.17, 15) is 9.90 Å². The Kier molecular flexibility index (Phi) is 5.56. The number of ether oxygens (including phenoxy) is 1. The molecule has 0 amide bonds. The van der Waals surface area contributed by atoms with Crippen LogP contribution >= 0.6 is 0 Å². The number of aromatic nitrogens is 2. The van der Waals surface area contributed by atoms with Gasteiger partial charge in [-0.1, -0.05) is 25.5 Å². The highest BCUT2D eigenvalue weighted by Crippen LogP contribution is 2.35. The van der Waals surface area contributed by atoms with E-state index in [4.69, 9.17) is 4.74 Å². The molecular formula is C24H28N2O3. The zero-order valence-corrected chi connectivity index (χ0v) is 17.1. The third-order valence-corrected chi connectivity index (χ3v) is 5.91.